The minimum atomic E-state index is -0.685. The van der Waals surface area contributed by atoms with Crippen molar-refractivity contribution in [3.8, 4) is 0 Å². The molecule has 0 spiro atoms. The third-order valence-electron chi connectivity index (χ3n) is 3.36. The summed E-state index contributed by atoms with van der Waals surface area (Å²) < 4.78 is 11.6. The minimum Gasteiger partial charge on any atom is -0.394 e. The average Bonchev–Trinajstić information content (AvgIpc) is 2.30. The Labute approximate surface area is 109 Å². The second-order valence-electron chi connectivity index (χ2n) is 5.52. The molecule has 108 valence electrons. The van der Waals surface area contributed by atoms with Crippen LogP contribution in [0.3, 0.4) is 0 Å². The maximum Gasteiger partial charge on any atom is 0.114 e. The first kappa shape index (κ1) is 15.9. The largest absolute Gasteiger partial charge is 0.394 e. The summed E-state index contributed by atoms with van der Waals surface area (Å²) in [5.74, 6) is 0.256. The number of hydrogen-bond acceptors (Lipinski definition) is 5. The van der Waals surface area contributed by atoms with Crippen molar-refractivity contribution in [2.45, 2.75) is 64.3 Å². The molecule has 1 rings (SSSR count). The van der Waals surface area contributed by atoms with Crippen molar-refractivity contribution in [3.05, 3.63) is 0 Å². The molecule has 18 heavy (non-hydrogen) atoms. The normalized spacial score (nSPS) is 37.5. The van der Waals surface area contributed by atoms with Crippen LogP contribution in [0.25, 0.3) is 0 Å². The van der Waals surface area contributed by atoms with Crippen LogP contribution < -0.4 is 5.32 Å². The number of rotatable bonds is 5. The Morgan fingerprint density at radius 1 is 1.28 bits per heavy atom. The fourth-order valence-electron chi connectivity index (χ4n) is 2.52. The number of aliphatic hydroxyl groups is 2. The molecule has 5 heteroatoms. The Morgan fingerprint density at radius 2 is 1.89 bits per heavy atom. The molecule has 0 aromatic rings. The molecule has 1 fully saturated rings. The standard InChI is InChI=1S/C13H27NO4/c1-7(2)12-10(14-5)11(16)13(17-8(3)4)9(6-15)18-12/h7-16H,6H2,1-5H3. The molecule has 0 saturated carbocycles. The molecule has 1 aliphatic heterocycles. The highest BCUT2D eigenvalue weighted by molar-refractivity contribution is 4.97. The van der Waals surface area contributed by atoms with Gasteiger partial charge in [0.05, 0.1) is 24.9 Å². The van der Waals surface area contributed by atoms with Gasteiger partial charge in [-0.3, -0.25) is 0 Å². The third kappa shape index (κ3) is 3.42. The molecule has 3 N–H and O–H groups in total. The third-order valence-corrected chi connectivity index (χ3v) is 3.36. The van der Waals surface area contributed by atoms with Crippen LogP contribution in [0.1, 0.15) is 27.7 Å². The zero-order valence-corrected chi connectivity index (χ0v) is 12.0. The van der Waals surface area contributed by atoms with Crippen LogP contribution in [0.15, 0.2) is 0 Å². The topological polar surface area (TPSA) is 71.0 Å². The van der Waals surface area contributed by atoms with Crippen molar-refractivity contribution in [3.63, 3.8) is 0 Å². The Balaban J connectivity index is 2.87. The molecule has 1 saturated heterocycles. The quantitative estimate of drug-likeness (QED) is 0.657. The summed E-state index contributed by atoms with van der Waals surface area (Å²) in [7, 11) is 1.80. The van der Waals surface area contributed by atoms with Crippen LogP contribution in [0.2, 0.25) is 0 Å². The molecule has 5 atom stereocenters. The first-order chi connectivity index (χ1) is 8.42. The Kier molecular flexibility index (Phi) is 6.01. The number of likely N-dealkylation sites (N-methyl/N-ethyl adjacent to an activating group) is 1. The zero-order chi connectivity index (χ0) is 13.9. The van der Waals surface area contributed by atoms with Crippen LogP contribution in [-0.2, 0) is 9.47 Å². The van der Waals surface area contributed by atoms with Gasteiger partial charge in [0.1, 0.15) is 18.3 Å². The second kappa shape index (κ2) is 6.82. The monoisotopic (exact) mass is 261 g/mol. The summed E-state index contributed by atoms with van der Waals surface area (Å²) in [5, 5.41) is 22.9. The number of nitrogens with one attached hydrogen (secondary N) is 1. The van der Waals surface area contributed by atoms with Gasteiger partial charge in [-0.25, -0.2) is 0 Å². The zero-order valence-electron chi connectivity index (χ0n) is 12.0. The summed E-state index contributed by atoms with van der Waals surface area (Å²) in [6.45, 7) is 7.75. The van der Waals surface area contributed by atoms with Gasteiger partial charge in [0.2, 0.25) is 0 Å². The van der Waals surface area contributed by atoms with Gasteiger partial charge in [0.25, 0.3) is 0 Å². The molecule has 1 aliphatic rings. The lowest BCUT2D eigenvalue weighted by Crippen LogP contribution is -2.64. The average molecular weight is 261 g/mol. The van der Waals surface area contributed by atoms with E-state index in [-0.39, 0.29) is 30.8 Å². The highest BCUT2D eigenvalue weighted by Gasteiger charge is 2.46. The number of ether oxygens (including phenoxy) is 2. The van der Waals surface area contributed by atoms with Crippen LogP contribution in [0.4, 0.5) is 0 Å². The molecule has 1 heterocycles. The van der Waals surface area contributed by atoms with E-state index in [1.165, 1.54) is 0 Å². The predicted octanol–water partition coefficient (Wildman–Crippen LogP) is 0.145. The maximum absolute atomic E-state index is 10.4. The Bertz CT molecular complexity index is 247. The van der Waals surface area contributed by atoms with E-state index in [1.54, 1.807) is 7.05 Å². The molecule has 0 bridgehead atoms. The summed E-state index contributed by atoms with van der Waals surface area (Å²) in [6.07, 6.45) is -1.80. The first-order valence-corrected chi connectivity index (χ1v) is 6.69. The van der Waals surface area contributed by atoms with Crippen molar-refractivity contribution < 1.29 is 19.7 Å². The van der Waals surface area contributed by atoms with Crippen LogP contribution in [0, 0.1) is 5.92 Å². The molecule has 0 amide bonds. The van der Waals surface area contributed by atoms with E-state index in [1.807, 2.05) is 27.7 Å². The van der Waals surface area contributed by atoms with Gasteiger partial charge >= 0.3 is 0 Å². The van der Waals surface area contributed by atoms with Crippen molar-refractivity contribution in [1.82, 2.24) is 5.32 Å². The van der Waals surface area contributed by atoms with E-state index in [9.17, 15) is 10.2 Å². The Morgan fingerprint density at radius 3 is 2.28 bits per heavy atom. The second-order valence-corrected chi connectivity index (χ2v) is 5.52. The van der Waals surface area contributed by atoms with E-state index < -0.39 is 18.3 Å². The minimum absolute atomic E-state index is 0.0181. The van der Waals surface area contributed by atoms with Crippen molar-refractivity contribution >= 4 is 0 Å². The molecule has 0 aromatic carbocycles. The molecular formula is C13H27NO4. The summed E-state index contributed by atoms with van der Waals surface area (Å²) >= 11 is 0. The molecule has 5 nitrogen and oxygen atoms in total. The van der Waals surface area contributed by atoms with Gasteiger partial charge in [0, 0.05) is 0 Å². The molecule has 0 radical (unpaired) electrons. The van der Waals surface area contributed by atoms with Crippen LogP contribution >= 0.6 is 0 Å². The summed E-state index contributed by atoms with van der Waals surface area (Å²) in [4.78, 5) is 0. The molecular weight excluding hydrogens is 234 g/mol. The van der Waals surface area contributed by atoms with E-state index in [4.69, 9.17) is 9.47 Å². The van der Waals surface area contributed by atoms with Gasteiger partial charge in [-0.05, 0) is 26.8 Å². The van der Waals surface area contributed by atoms with Gasteiger partial charge in [0.15, 0.2) is 0 Å². The van der Waals surface area contributed by atoms with E-state index in [0.29, 0.717) is 0 Å². The van der Waals surface area contributed by atoms with Crippen LogP contribution in [-0.4, -0.2) is 60.4 Å². The van der Waals surface area contributed by atoms with Gasteiger partial charge in [-0.2, -0.15) is 0 Å². The lowest BCUT2D eigenvalue weighted by atomic mass is 9.87. The first-order valence-electron chi connectivity index (χ1n) is 6.69. The fourth-order valence-corrected chi connectivity index (χ4v) is 2.52. The van der Waals surface area contributed by atoms with Crippen LogP contribution in [0.5, 0.6) is 0 Å². The summed E-state index contributed by atoms with van der Waals surface area (Å²) in [6, 6.07) is -0.184. The van der Waals surface area contributed by atoms with E-state index in [0.717, 1.165) is 0 Å². The van der Waals surface area contributed by atoms with Crippen molar-refractivity contribution in [2.24, 2.45) is 5.92 Å². The highest BCUT2D eigenvalue weighted by Crippen LogP contribution is 2.28. The van der Waals surface area contributed by atoms with Crippen molar-refractivity contribution in [2.75, 3.05) is 13.7 Å². The van der Waals surface area contributed by atoms with Crippen molar-refractivity contribution in [1.29, 1.82) is 0 Å². The lowest BCUT2D eigenvalue weighted by molar-refractivity contribution is -0.226. The fraction of sp³-hybridized carbons (Fsp3) is 1.00. The molecule has 0 aromatic heterocycles. The SMILES string of the molecule is CNC1C(O)C(OC(C)C)C(CO)OC1C(C)C. The van der Waals surface area contributed by atoms with E-state index >= 15 is 0 Å². The smallest absolute Gasteiger partial charge is 0.114 e. The lowest BCUT2D eigenvalue weighted by Gasteiger charge is -2.46. The van der Waals surface area contributed by atoms with E-state index in [2.05, 4.69) is 5.32 Å². The molecule has 5 unspecified atom stereocenters. The Hall–Kier alpha value is -0.200. The van der Waals surface area contributed by atoms with Gasteiger partial charge in [-0.1, -0.05) is 13.8 Å². The number of hydrogen-bond donors (Lipinski definition) is 3. The maximum atomic E-state index is 10.4. The number of aliphatic hydroxyl groups excluding tert-OH is 2. The predicted molar refractivity (Wildman–Crippen MR) is 69.4 cm³/mol. The highest BCUT2D eigenvalue weighted by atomic mass is 16.6. The summed E-state index contributed by atoms with van der Waals surface area (Å²) in [5.41, 5.74) is 0. The molecule has 0 aliphatic carbocycles. The van der Waals surface area contributed by atoms with Gasteiger partial charge in [-0.15, -0.1) is 0 Å². The van der Waals surface area contributed by atoms with Gasteiger partial charge < -0.3 is 25.0 Å².